The zero-order valence-corrected chi connectivity index (χ0v) is 12.8. The predicted molar refractivity (Wildman–Crippen MR) is 85.6 cm³/mol. The van der Waals surface area contributed by atoms with Crippen LogP contribution in [0.4, 0.5) is 8.78 Å². The summed E-state index contributed by atoms with van der Waals surface area (Å²) < 4.78 is 26.2. The van der Waals surface area contributed by atoms with Crippen LogP contribution in [0.15, 0.2) is 48.5 Å². The Morgan fingerprint density at radius 3 is 2.39 bits per heavy atom. The van der Waals surface area contributed by atoms with E-state index in [2.05, 4.69) is 0 Å². The first-order valence-corrected chi connectivity index (χ1v) is 7.56. The standard InChI is InChI=1S/C18H20F2N2O/c19-16-8-7-15(11-17(16)20)12-18(23)22(10-4-9-21)13-14-5-2-1-3-6-14/h1-3,5-8,11H,4,9-10,12-13,21H2. The average Bonchev–Trinajstić information content (AvgIpc) is 2.55. The SMILES string of the molecule is NCCCN(Cc1ccccc1)C(=O)Cc1ccc(F)c(F)c1. The van der Waals surface area contributed by atoms with Crippen molar-refractivity contribution in [3.63, 3.8) is 0 Å². The van der Waals surface area contributed by atoms with E-state index in [9.17, 15) is 13.6 Å². The van der Waals surface area contributed by atoms with Crippen molar-refractivity contribution in [2.75, 3.05) is 13.1 Å². The van der Waals surface area contributed by atoms with Gasteiger partial charge in [-0.05, 0) is 36.2 Å². The molecule has 122 valence electrons. The van der Waals surface area contributed by atoms with Gasteiger partial charge in [0.25, 0.3) is 0 Å². The summed E-state index contributed by atoms with van der Waals surface area (Å²) >= 11 is 0. The lowest BCUT2D eigenvalue weighted by Crippen LogP contribution is -2.33. The number of benzene rings is 2. The second-order valence-electron chi connectivity index (χ2n) is 5.37. The van der Waals surface area contributed by atoms with Gasteiger partial charge in [-0.2, -0.15) is 0 Å². The van der Waals surface area contributed by atoms with Gasteiger partial charge in [0.1, 0.15) is 0 Å². The summed E-state index contributed by atoms with van der Waals surface area (Å²) in [4.78, 5) is 14.2. The number of hydrogen-bond acceptors (Lipinski definition) is 2. The molecule has 0 aliphatic rings. The van der Waals surface area contributed by atoms with Crippen molar-refractivity contribution in [2.24, 2.45) is 5.73 Å². The number of carbonyl (C=O) groups excluding carboxylic acids is 1. The van der Waals surface area contributed by atoms with Crippen LogP contribution in [0.2, 0.25) is 0 Å². The van der Waals surface area contributed by atoms with Gasteiger partial charge < -0.3 is 10.6 Å². The molecule has 0 atom stereocenters. The maximum atomic E-state index is 13.3. The molecule has 0 unspecified atom stereocenters. The maximum Gasteiger partial charge on any atom is 0.227 e. The number of amides is 1. The zero-order chi connectivity index (χ0) is 16.7. The molecule has 3 nitrogen and oxygen atoms in total. The molecule has 0 radical (unpaired) electrons. The summed E-state index contributed by atoms with van der Waals surface area (Å²) in [6.07, 6.45) is 0.727. The van der Waals surface area contributed by atoms with Gasteiger partial charge in [0.2, 0.25) is 5.91 Å². The fourth-order valence-electron chi connectivity index (χ4n) is 2.31. The second kappa shape index (κ2) is 8.39. The smallest absolute Gasteiger partial charge is 0.227 e. The van der Waals surface area contributed by atoms with E-state index in [1.807, 2.05) is 30.3 Å². The molecule has 0 heterocycles. The van der Waals surface area contributed by atoms with Gasteiger partial charge >= 0.3 is 0 Å². The Hall–Kier alpha value is -2.27. The van der Waals surface area contributed by atoms with E-state index in [0.29, 0.717) is 31.6 Å². The van der Waals surface area contributed by atoms with Crippen LogP contribution in [-0.2, 0) is 17.8 Å². The van der Waals surface area contributed by atoms with E-state index in [1.165, 1.54) is 6.07 Å². The van der Waals surface area contributed by atoms with Gasteiger partial charge in [0, 0.05) is 13.1 Å². The van der Waals surface area contributed by atoms with Gasteiger partial charge in [-0.1, -0.05) is 36.4 Å². The fourth-order valence-corrected chi connectivity index (χ4v) is 2.31. The lowest BCUT2D eigenvalue weighted by molar-refractivity contribution is -0.131. The van der Waals surface area contributed by atoms with Crippen LogP contribution in [0.3, 0.4) is 0 Å². The molecule has 0 bridgehead atoms. The molecule has 2 aromatic rings. The lowest BCUT2D eigenvalue weighted by atomic mass is 10.1. The van der Waals surface area contributed by atoms with Crippen molar-refractivity contribution in [3.8, 4) is 0 Å². The minimum atomic E-state index is -0.938. The van der Waals surface area contributed by atoms with Crippen molar-refractivity contribution in [2.45, 2.75) is 19.4 Å². The molecule has 1 amide bonds. The minimum absolute atomic E-state index is 0.0363. The molecule has 0 saturated carbocycles. The van der Waals surface area contributed by atoms with E-state index < -0.39 is 11.6 Å². The van der Waals surface area contributed by atoms with E-state index in [0.717, 1.165) is 17.7 Å². The fraction of sp³-hybridized carbons (Fsp3) is 0.278. The first-order chi connectivity index (χ1) is 11.1. The number of halogens is 2. The van der Waals surface area contributed by atoms with Crippen molar-refractivity contribution in [1.82, 2.24) is 4.90 Å². The topological polar surface area (TPSA) is 46.3 Å². The number of rotatable bonds is 7. The third-order valence-electron chi connectivity index (χ3n) is 3.54. The third kappa shape index (κ3) is 5.14. The first kappa shape index (κ1) is 17.1. The van der Waals surface area contributed by atoms with Crippen molar-refractivity contribution >= 4 is 5.91 Å². The maximum absolute atomic E-state index is 13.3. The summed E-state index contributed by atoms with van der Waals surface area (Å²) in [5.41, 5.74) is 7.01. The number of nitrogens with zero attached hydrogens (tertiary/aromatic N) is 1. The largest absolute Gasteiger partial charge is 0.338 e. The lowest BCUT2D eigenvalue weighted by Gasteiger charge is -2.23. The Morgan fingerprint density at radius 2 is 1.74 bits per heavy atom. The van der Waals surface area contributed by atoms with E-state index in [1.54, 1.807) is 4.90 Å². The monoisotopic (exact) mass is 318 g/mol. The highest BCUT2D eigenvalue weighted by atomic mass is 19.2. The molecule has 0 aliphatic carbocycles. The molecule has 0 aliphatic heterocycles. The van der Waals surface area contributed by atoms with Gasteiger partial charge in [0.05, 0.1) is 6.42 Å². The molecule has 23 heavy (non-hydrogen) atoms. The first-order valence-electron chi connectivity index (χ1n) is 7.56. The summed E-state index contributed by atoms with van der Waals surface area (Å²) in [5, 5.41) is 0. The van der Waals surface area contributed by atoms with Crippen molar-refractivity contribution < 1.29 is 13.6 Å². The summed E-state index contributed by atoms with van der Waals surface area (Å²) in [6.45, 7) is 1.50. The molecule has 5 heteroatoms. The van der Waals surface area contributed by atoms with Crippen LogP contribution in [0, 0.1) is 11.6 Å². The van der Waals surface area contributed by atoms with Gasteiger partial charge in [-0.25, -0.2) is 8.78 Å². The molecule has 0 spiro atoms. The van der Waals surface area contributed by atoms with Crippen LogP contribution < -0.4 is 5.73 Å². The zero-order valence-electron chi connectivity index (χ0n) is 12.8. The summed E-state index contributed by atoms with van der Waals surface area (Å²) in [5.74, 6) is -1.98. The number of nitrogens with two attached hydrogens (primary N) is 1. The van der Waals surface area contributed by atoms with Crippen LogP contribution >= 0.6 is 0 Å². The summed E-state index contributed by atoms with van der Waals surface area (Å²) in [6, 6.07) is 13.2. The third-order valence-corrected chi connectivity index (χ3v) is 3.54. The van der Waals surface area contributed by atoms with E-state index in [4.69, 9.17) is 5.73 Å². The van der Waals surface area contributed by atoms with Crippen molar-refractivity contribution in [1.29, 1.82) is 0 Å². The Balaban J connectivity index is 2.07. The number of hydrogen-bond donors (Lipinski definition) is 1. The average molecular weight is 318 g/mol. The quantitative estimate of drug-likeness (QED) is 0.853. The van der Waals surface area contributed by atoms with Crippen LogP contribution in [0.1, 0.15) is 17.5 Å². The highest BCUT2D eigenvalue weighted by Crippen LogP contribution is 2.12. The Labute approximate surface area is 134 Å². The highest BCUT2D eigenvalue weighted by molar-refractivity contribution is 5.78. The van der Waals surface area contributed by atoms with Gasteiger partial charge in [0.15, 0.2) is 11.6 Å². The van der Waals surface area contributed by atoms with E-state index >= 15 is 0 Å². The van der Waals surface area contributed by atoms with Crippen LogP contribution in [0.5, 0.6) is 0 Å². The molecular weight excluding hydrogens is 298 g/mol. The minimum Gasteiger partial charge on any atom is -0.338 e. The van der Waals surface area contributed by atoms with Crippen LogP contribution in [-0.4, -0.2) is 23.9 Å². The van der Waals surface area contributed by atoms with Crippen LogP contribution in [0.25, 0.3) is 0 Å². The Bertz CT molecular complexity index is 647. The normalized spacial score (nSPS) is 10.6. The molecular formula is C18H20F2N2O. The summed E-state index contributed by atoms with van der Waals surface area (Å²) in [7, 11) is 0. The Kier molecular flexibility index (Phi) is 6.23. The molecule has 0 saturated heterocycles. The second-order valence-corrected chi connectivity index (χ2v) is 5.37. The van der Waals surface area contributed by atoms with Gasteiger partial charge in [-0.3, -0.25) is 4.79 Å². The Morgan fingerprint density at radius 1 is 1.00 bits per heavy atom. The molecule has 2 rings (SSSR count). The van der Waals surface area contributed by atoms with E-state index in [-0.39, 0.29) is 12.3 Å². The van der Waals surface area contributed by atoms with Crippen molar-refractivity contribution in [3.05, 3.63) is 71.3 Å². The van der Waals surface area contributed by atoms with Gasteiger partial charge in [-0.15, -0.1) is 0 Å². The molecule has 2 N–H and O–H groups in total. The molecule has 0 aromatic heterocycles. The highest BCUT2D eigenvalue weighted by Gasteiger charge is 2.15. The number of carbonyl (C=O) groups is 1. The molecule has 0 fully saturated rings. The molecule has 2 aromatic carbocycles. The predicted octanol–water partition coefficient (Wildman–Crippen LogP) is 2.88.